The average molecular weight is 296 g/mol. The smallest absolute Gasteiger partial charge is 0.243 e. The van der Waals surface area contributed by atoms with Crippen LogP contribution in [0.3, 0.4) is 0 Å². The van der Waals surface area contributed by atoms with Crippen LogP contribution in [0, 0.1) is 5.92 Å². The van der Waals surface area contributed by atoms with E-state index in [2.05, 4.69) is 15.7 Å². The molecule has 0 saturated heterocycles. The predicted molar refractivity (Wildman–Crippen MR) is 75.9 cm³/mol. The molecule has 0 aliphatic rings. The molecule has 1 heterocycles. The van der Waals surface area contributed by atoms with Gasteiger partial charge in [-0.2, -0.15) is 5.10 Å². The van der Waals surface area contributed by atoms with Crippen molar-refractivity contribution in [3.63, 3.8) is 0 Å². The van der Waals surface area contributed by atoms with Gasteiger partial charge in [-0.25, -0.2) is 0 Å². The van der Waals surface area contributed by atoms with Gasteiger partial charge in [0.15, 0.2) is 0 Å². The summed E-state index contributed by atoms with van der Waals surface area (Å²) in [5, 5.41) is 8.82. The van der Waals surface area contributed by atoms with E-state index in [9.17, 15) is 14.4 Å². The minimum absolute atomic E-state index is 0.0138. The quantitative estimate of drug-likeness (QED) is 0.479. The van der Waals surface area contributed by atoms with Crippen molar-refractivity contribution < 1.29 is 14.4 Å². The summed E-state index contributed by atoms with van der Waals surface area (Å²) in [7, 11) is 0. The molecule has 0 radical (unpaired) electrons. The van der Waals surface area contributed by atoms with Crippen LogP contribution in [0.1, 0.15) is 13.8 Å². The summed E-state index contributed by atoms with van der Waals surface area (Å²) in [6, 6.07) is -0.656. The first-order valence-electron chi connectivity index (χ1n) is 6.43. The van der Waals surface area contributed by atoms with E-state index in [4.69, 9.17) is 11.5 Å². The first-order chi connectivity index (χ1) is 9.79. The first kappa shape index (κ1) is 16.6. The molecular weight excluding hydrogens is 276 g/mol. The fourth-order valence-corrected chi connectivity index (χ4v) is 1.47. The highest BCUT2D eigenvalue weighted by Gasteiger charge is 2.17. The zero-order chi connectivity index (χ0) is 16.0. The van der Waals surface area contributed by atoms with Gasteiger partial charge in [-0.05, 0) is 5.92 Å². The highest BCUT2D eigenvalue weighted by molar-refractivity contribution is 5.95. The number of carbonyl (C=O) groups is 3. The maximum atomic E-state index is 11.6. The molecule has 1 aromatic heterocycles. The number of nitrogens with one attached hydrogen (secondary N) is 2. The lowest BCUT2D eigenvalue weighted by molar-refractivity contribution is -0.125. The molecular formula is C12H20N6O3. The molecule has 0 bridgehead atoms. The lowest BCUT2D eigenvalue weighted by atomic mass is 10.1. The fraction of sp³-hybridized carbons (Fsp3) is 0.500. The number of hydrogen-bond donors (Lipinski definition) is 4. The highest BCUT2D eigenvalue weighted by Crippen LogP contribution is 2.04. The maximum Gasteiger partial charge on any atom is 0.243 e. The molecule has 0 saturated carbocycles. The third-order valence-electron chi connectivity index (χ3n) is 2.68. The zero-order valence-corrected chi connectivity index (χ0v) is 12.0. The van der Waals surface area contributed by atoms with E-state index in [0.717, 1.165) is 0 Å². The number of anilines is 1. The molecule has 116 valence electrons. The monoisotopic (exact) mass is 296 g/mol. The number of aromatic nitrogens is 2. The Morgan fingerprint density at radius 2 is 2.05 bits per heavy atom. The number of nitrogens with two attached hydrogens (primary N) is 2. The minimum atomic E-state index is -0.656. The second kappa shape index (κ2) is 7.39. The van der Waals surface area contributed by atoms with Crippen LogP contribution in [0.2, 0.25) is 0 Å². The van der Waals surface area contributed by atoms with Crippen molar-refractivity contribution in [2.75, 3.05) is 11.9 Å². The van der Waals surface area contributed by atoms with E-state index in [0.29, 0.717) is 5.69 Å². The molecule has 3 amide bonds. The van der Waals surface area contributed by atoms with E-state index in [1.54, 1.807) is 0 Å². The molecule has 1 rings (SSSR count). The van der Waals surface area contributed by atoms with Crippen molar-refractivity contribution in [1.29, 1.82) is 0 Å². The van der Waals surface area contributed by atoms with E-state index in [-0.39, 0.29) is 24.9 Å². The summed E-state index contributed by atoms with van der Waals surface area (Å²) in [4.78, 5) is 33.9. The van der Waals surface area contributed by atoms with Crippen LogP contribution in [0.5, 0.6) is 0 Å². The van der Waals surface area contributed by atoms with E-state index < -0.39 is 17.9 Å². The van der Waals surface area contributed by atoms with Crippen molar-refractivity contribution >= 4 is 23.4 Å². The third kappa shape index (κ3) is 5.61. The molecule has 0 aromatic carbocycles. The average Bonchev–Trinajstić information content (AvgIpc) is 2.81. The Hall–Kier alpha value is -2.42. The molecule has 9 heteroatoms. The Morgan fingerprint density at radius 3 is 2.62 bits per heavy atom. The van der Waals surface area contributed by atoms with E-state index in [1.807, 2.05) is 13.8 Å². The maximum absolute atomic E-state index is 11.6. The van der Waals surface area contributed by atoms with Gasteiger partial charge in [-0.3, -0.25) is 19.1 Å². The molecule has 1 atom stereocenters. The number of carbonyl (C=O) groups excluding carboxylic acids is 3. The van der Waals surface area contributed by atoms with Gasteiger partial charge in [0, 0.05) is 6.20 Å². The van der Waals surface area contributed by atoms with Crippen LogP contribution in [0.4, 0.5) is 5.69 Å². The van der Waals surface area contributed by atoms with Crippen molar-refractivity contribution in [3.8, 4) is 0 Å². The lowest BCUT2D eigenvalue weighted by Gasteiger charge is -2.14. The Labute approximate surface area is 122 Å². The van der Waals surface area contributed by atoms with Crippen LogP contribution in [0.25, 0.3) is 0 Å². The molecule has 0 unspecified atom stereocenters. The zero-order valence-electron chi connectivity index (χ0n) is 12.0. The van der Waals surface area contributed by atoms with Crippen molar-refractivity contribution in [2.24, 2.45) is 17.4 Å². The molecule has 0 aliphatic heterocycles. The molecule has 0 fully saturated rings. The van der Waals surface area contributed by atoms with Crippen molar-refractivity contribution in [1.82, 2.24) is 15.1 Å². The predicted octanol–water partition coefficient (Wildman–Crippen LogP) is -1.59. The molecule has 21 heavy (non-hydrogen) atoms. The molecule has 0 aliphatic carbocycles. The van der Waals surface area contributed by atoms with Gasteiger partial charge in [-0.1, -0.05) is 13.8 Å². The van der Waals surface area contributed by atoms with Gasteiger partial charge in [0.1, 0.15) is 6.54 Å². The van der Waals surface area contributed by atoms with Gasteiger partial charge < -0.3 is 22.1 Å². The molecule has 0 spiro atoms. The first-order valence-corrected chi connectivity index (χ1v) is 6.43. The fourth-order valence-electron chi connectivity index (χ4n) is 1.47. The van der Waals surface area contributed by atoms with Gasteiger partial charge in [0.2, 0.25) is 17.7 Å². The summed E-state index contributed by atoms with van der Waals surface area (Å²) in [6.45, 7) is 3.37. The second-order valence-corrected chi connectivity index (χ2v) is 4.93. The standard InChI is InChI=1S/C12H20N6O3/c1-7(2)11(14)12(21)15-4-10(20)17-8-3-16-18(5-8)6-9(13)19/h3,5,7,11H,4,6,14H2,1-2H3,(H2,13,19)(H,15,21)(H,17,20)/t11-/m0/s1. The van der Waals surface area contributed by atoms with Crippen molar-refractivity contribution in [2.45, 2.75) is 26.4 Å². The minimum Gasteiger partial charge on any atom is -0.368 e. The lowest BCUT2D eigenvalue weighted by Crippen LogP contribution is -2.46. The summed E-state index contributed by atoms with van der Waals surface area (Å²) in [5.41, 5.74) is 11.1. The largest absolute Gasteiger partial charge is 0.368 e. The molecule has 9 nitrogen and oxygen atoms in total. The van der Waals surface area contributed by atoms with Gasteiger partial charge in [-0.15, -0.1) is 0 Å². The Balaban J connectivity index is 2.42. The summed E-state index contributed by atoms with van der Waals surface area (Å²) in [6.07, 6.45) is 2.84. The van der Waals surface area contributed by atoms with E-state index in [1.165, 1.54) is 17.1 Å². The Morgan fingerprint density at radius 1 is 1.38 bits per heavy atom. The van der Waals surface area contributed by atoms with Gasteiger partial charge in [0.25, 0.3) is 0 Å². The summed E-state index contributed by atoms with van der Waals surface area (Å²) < 4.78 is 1.30. The van der Waals surface area contributed by atoms with Gasteiger partial charge in [0.05, 0.1) is 24.5 Å². The van der Waals surface area contributed by atoms with Crippen LogP contribution in [-0.2, 0) is 20.9 Å². The van der Waals surface area contributed by atoms with E-state index >= 15 is 0 Å². The van der Waals surface area contributed by atoms with Crippen molar-refractivity contribution in [3.05, 3.63) is 12.4 Å². The topological polar surface area (TPSA) is 145 Å². The summed E-state index contributed by atoms with van der Waals surface area (Å²) in [5.74, 6) is -1.35. The van der Waals surface area contributed by atoms with Crippen LogP contribution < -0.4 is 22.1 Å². The second-order valence-electron chi connectivity index (χ2n) is 4.93. The normalized spacial score (nSPS) is 12.0. The molecule has 1 aromatic rings. The Kier molecular flexibility index (Phi) is 5.85. The van der Waals surface area contributed by atoms with Crippen LogP contribution in [0.15, 0.2) is 12.4 Å². The number of primary amides is 1. The van der Waals surface area contributed by atoms with Gasteiger partial charge >= 0.3 is 0 Å². The summed E-state index contributed by atoms with van der Waals surface area (Å²) >= 11 is 0. The van der Waals surface area contributed by atoms with Crippen LogP contribution in [-0.4, -0.2) is 40.1 Å². The SMILES string of the molecule is CC(C)[C@H](N)C(=O)NCC(=O)Nc1cnn(CC(N)=O)c1. The molecule has 6 N–H and O–H groups in total. The number of hydrogen-bond acceptors (Lipinski definition) is 5. The number of rotatable bonds is 7. The number of nitrogens with zero attached hydrogens (tertiary/aromatic N) is 2. The highest BCUT2D eigenvalue weighted by atomic mass is 16.2. The van der Waals surface area contributed by atoms with Crippen LogP contribution >= 0.6 is 0 Å². The Bertz CT molecular complexity index is 525. The number of amides is 3. The third-order valence-corrected chi connectivity index (χ3v) is 2.68.